The van der Waals surface area contributed by atoms with Crippen molar-refractivity contribution in [2.24, 2.45) is 0 Å². The SMILES string of the molecule is C(=C\c1c2ccccc2c(N2CCCc3ccccc32)c2ccccc12)/c1ccc2c(c1)C(c1ccccc1)(c1ccccc1)c1cc(N3CCCc4ccccc43)ccc1-2. The summed E-state index contributed by atoms with van der Waals surface area (Å²) in [6.45, 7) is 2.02. The van der Waals surface area contributed by atoms with Crippen LogP contribution in [0.25, 0.3) is 44.8 Å². The van der Waals surface area contributed by atoms with Crippen LogP contribution in [0.5, 0.6) is 0 Å². The van der Waals surface area contributed by atoms with E-state index in [0.29, 0.717) is 0 Å². The highest BCUT2D eigenvalue weighted by Crippen LogP contribution is 2.57. The van der Waals surface area contributed by atoms with Crippen LogP contribution >= 0.6 is 0 Å². The van der Waals surface area contributed by atoms with E-state index in [0.717, 1.165) is 38.8 Å². The second kappa shape index (κ2) is 14.5. The minimum Gasteiger partial charge on any atom is -0.341 e. The summed E-state index contributed by atoms with van der Waals surface area (Å²) < 4.78 is 0. The third-order valence-electron chi connectivity index (χ3n) is 13.7. The van der Waals surface area contributed by atoms with Crippen LogP contribution in [0, 0.1) is 0 Å². The molecule has 12 rings (SSSR count). The van der Waals surface area contributed by atoms with Crippen LogP contribution in [0.2, 0.25) is 0 Å². The standard InChI is InChI=1S/C59H46N2/c1-3-21-44(22-4-1)59(45-23-5-2-6-24-45)54-39-41(32-35-50(54)51-36-33-46(40-55(51)59)60-37-15-19-42-17-7-13-29-56(42)60)31-34-49-47-25-9-11-27-52(47)58(53-28-12-10-26-48(49)53)61-38-16-20-43-18-8-14-30-57(43)61/h1-14,17-18,21-36,39-40H,15-16,19-20,37-38H2/b34-31+. The number of benzene rings is 9. The first-order valence-electron chi connectivity index (χ1n) is 22.0. The van der Waals surface area contributed by atoms with Gasteiger partial charge in [0.2, 0.25) is 0 Å². The van der Waals surface area contributed by atoms with Gasteiger partial charge < -0.3 is 9.80 Å². The van der Waals surface area contributed by atoms with E-state index in [1.165, 1.54) is 99.9 Å². The van der Waals surface area contributed by atoms with Crippen molar-refractivity contribution in [3.8, 4) is 11.1 Å². The van der Waals surface area contributed by atoms with Crippen molar-refractivity contribution < 1.29 is 0 Å². The Morgan fingerprint density at radius 3 is 1.52 bits per heavy atom. The van der Waals surface area contributed by atoms with E-state index in [-0.39, 0.29) is 0 Å². The first-order valence-corrected chi connectivity index (χ1v) is 22.0. The van der Waals surface area contributed by atoms with Gasteiger partial charge in [-0.15, -0.1) is 0 Å². The van der Waals surface area contributed by atoms with Gasteiger partial charge in [-0.05, 0) is 122 Å². The lowest BCUT2D eigenvalue weighted by atomic mass is 9.67. The van der Waals surface area contributed by atoms with E-state index in [2.05, 4.69) is 216 Å². The summed E-state index contributed by atoms with van der Waals surface area (Å²) in [5.41, 5.74) is 17.9. The number of aryl methyl sites for hydroxylation is 2. The number of nitrogens with zero attached hydrogens (tertiary/aromatic N) is 2. The summed E-state index contributed by atoms with van der Waals surface area (Å²) in [5.74, 6) is 0. The van der Waals surface area contributed by atoms with Crippen molar-refractivity contribution in [2.75, 3.05) is 22.9 Å². The van der Waals surface area contributed by atoms with E-state index in [9.17, 15) is 0 Å². The molecule has 0 saturated heterocycles. The highest BCUT2D eigenvalue weighted by Gasteiger charge is 2.46. The van der Waals surface area contributed by atoms with E-state index in [1.54, 1.807) is 0 Å². The molecule has 0 N–H and O–H groups in total. The first-order chi connectivity index (χ1) is 30.3. The summed E-state index contributed by atoms with van der Waals surface area (Å²) in [5, 5.41) is 5.14. The second-order valence-corrected chi connectivity index (χ2v) is 17.0. The van der Waals surface area contributed by atoms with Crippen LogP contribution in [0.3, 0.4) is 0 Å². The van der Waals surface area contributed by atoms with E-state index in [4.69, 9.17) is 0 Å². The Bertz CT molecular complexity index is 3060. The maximum absolute atomic E-state index is 2.58. The average molecular weight is 783 g/mol. The molecule has 2 heterocycles. The topological polar surface area (TPSA) is 6.48 Å². The zero-order valence-corrected chi connectivity index (χ0v) is 34.3. The van der Waals surface area contributed by atoms with Gasteiger partial charge in [0.05, 0.1) is 11.1 Å². The van der Waals surface area contributed by atoms with Crippen molar-refractivity contribution in [1.82, 2.24) is 0 Å². The molecule has 0 atom stereocenters. The third kappa shape index (κ3) is 5.62. The lowest BCUT2D eigenvalue weighted by Gasteiger charge is -2.36. The molecule has 292 valence electrons. The third-order valence-corrected chi connectivity index (χ3v) is 13.7. The normalized spacial score (nSPS) is 15.1. The molecule has 2 aliphatic heterocycles. The number of anilines is 4. The van der Waals surface area contributed by atoms with Gasteiger partial charge in [-0.1, -0.05) is 176 Å². The molecule has 0 radical (unpaired) electrons. The zero-order valence-electron chi connectivity index (χ0n) is 34.3. The second-order valence-electron chi connectivity index (χ2n) is 17.0. The quantitative estimate of drug-likeness (QED) is 0.122. The monoisotopic (exact) mass is 782 g/mol. The lowest BCUT2D eigenvalue weighted by molar-refractivity contribution is 0.756. The molecule has 0 saturated carbocycles. The Morgan fingerprint density at radius 1 is 0.410 bits per heavy atom. The van der Waals surface area contributed by atoms with Gasteiger partial charge in [0.25, 0.3) is 0 Å². The van der Waals surface area contributed by atoms with Gasteiger partial charge in [-0.3, -0.25) is 0 Å². The minimum absolute atomic E-state index is 0.506. The predicted octanol–water partition coefficient (Wildman–Crippen LogP) is 14.7. The summed E-state index contributed by atoms with van der Waals surface area (Å²) in [7, 11) is 0. The molecule has 0 amide bonds. The predicted molar refractivity (Wildman–Crippen MR) is 258 cm³/mol. The molecule has 0 fully saturated rings. The fraction of sp³-hybridized carbons (Fsp3) is 0.119. The Hall–Kier alpha value is -7.16. The molecule has 3 aliphatic rings. The number of hydrogen-bond acceptors (Lipinski definition) is 2. The maximum Gasteiger partial charge on any atom is 0.0714 e. The van der Waals surface area contributed by atoms with Crippen molar-refractivity contribution in [2.45, 2.75) is 31.1 Å². The number of fused-ring (bicyclic) bond motifs is 7. The minimum atomic E-state index is -0.506. The lowest BCUT2D eigenvalue weighted by Crippen LogP contribution is -2.29. The summed E-state index contributed by atoms with van der Waals surface area (Å²) in [4.78, 5) is 5.12. The molecule has 0 bridgehead atoms. The molecular weight excluding hydrogens is 737 g/mol. The molecule has 0 aromatic heterocycles. The van der Waals surface area contributed by atoms with E-state index < -0.39 is 5.41 Å². The van der Waals surface area contributed by atoms with Gasteiger partial charge >= 0.3 is 0 Å². The molecule has 9 aromatic carbocycles. The highest BCUT2D eigenvalue weighted by atomic mass is 15.1. The Labute approximate surface area is 358 Å². The van der Waals surface area contributed by atoms with Gasteiger partial charge in [-0.2, -0.15) is 0 Å². The summed E-state index contributed by atoms with van der Waals surface area (Å²) in [6, 6.07) is 72.8. The summed E-state index contributed by atoms with van der Waals surface area (Å²) in [6.07, 6.45) is 9.26. The van der Waals surface area contributed by atoms with Crippen molar-refractivity contribution in [1.29, 1.82) is 0 Å². The van der Waals surface area contributed by atoms with Gasteiger partial charge in [0.15, 0.2) is 0 Å². The Balaban J connectivity index is 1.04. The van der Waals surface area contributed by atoms with E-state index in [1.807, 2.05) is 0 Å². The molecule has 61 heavy (non-hydrogen) atoms. The zero-order chi connectivity index (χ0) is 40.3. The molecular formula is C59H46N2. The maximum atomic E-state index is 2.58. The fourth-order valence-electron chi connectivity index (χ4n) is 11.1. The van der Waals surface area contributed by atoms with Crippen molar-refractivity contribution in [3.63, 3.8) is 0 Å². The smallest absolute Gasteiger partial charge is 0.0714 e. The first kappa shape index (κ1) is 35.8. The summed E-state index contributed by atoms with van der Waals surface area (Å²) >= 11 is 0. The van der Waals surface area contributed by atoms with Crippen molar-refractivity contribution in [3.05, 3.63) is 239 Å². The van der Waals surface area contributed by atoms with Gasteiger partial charge in [-0.25, -0.2) is 0 Å². The van der Waals surface area contributed by atoms with Crippen LogP contribution in [-0.4, -0.2) is 13.1 Å². The molecule has 0 unspecified atom stereocenters. The van der Waals surface area contributed by atoms with Crippen LogP contribution in [0.1, 0.15) is 57.3 Å². The number of rotatable bonds is 6. The molecule has 1 aliphatic carbocycles. The fourth-order valence-corrected chi connectivity index (χ4v) is 11.1. The van der Waals surface area contributed by atoms with E-state index >= 15 is 0 Å². The average Bonchev–Trinajstić information content (AvgIpc) is 3.62. The number of hydrogen-bond donors (Lipinski definition) is 0. The highest BCUT2D eigenvalue weighted by molar-refractivity contribution is 6.18. The van der Waals surface area contributed by atoms with Gasteiger partial charge in [0.1, 0.15) is 0 Å². The van der Waals surface area contributed by atoms with Gasteiger partial charge in [0, 0.05) is 40.9 Å². The van der Waals surface area contributed by atoms with Crippen LogP contribution in [0.15, 0.2) is 194 Å². The van der Waals surface area contributed by atoms with Crippen LogP contribution in [0.4, 0.5) is 22.7 Å². The molecule has 9 aromatic rings. The van der Waals surface area contributed by atoms with Crippen molar-refractivity contribution >= 4 is 56.4 Å². The molecule has 2 nitrogen and oxygen atoms in total. The largest absolute Gasteiger partial charge is 0.341 e. The Kier molecular flexibility index (Phi) is 8.52. The molecule has 2 heteroatoms. The van der Waals surface area contributed by atoms with Crippen LogP contribution < -0.4 is 9.80 Å². The molecule has 0 spiro atoms. The Morgan fingerprint density at radius 2 is 0.902 bits per heavy atom. The number of para-hydroxylation sites is 2. The van der Waals surface area contributed by atoms with Crippen LogP contribution in [-0.2, 0) is 18.3 Å².